The summed E-state index contributed by atoms with van der Waals surface area (Å²) in [5.41, 5.74) is 1.16. The van der Waals surface area contributed by atoms with E-state index in [0.717, 1.165) is 35.3 Å². The molecular weight excluding hydrogens is 244 g/mol. The van der Waals surface area contributed by atoms with Crippen molar-refractivity contribution in [1.29, 1.82) is 0 Å². The molecule has 86 valence electrons. The number of carbonyl (C=O) groups excluding carboxylic acids is 1. The van der Waals surface area contributed by atoms with E-state index in [9.17, 15) is 4.79 Å². The molecule has 16 heavy (non-hydrogen) atoms. The lowest BCUT2D eigenvalue weighted by Crippen LogP contribution is -2.34. The molecule has 1 aliphatic carbocycles. The molecule has 0 atom stereocenters. The molecule has 0 aromatic rings. The molecule has 3 aliphatic rings. The Balaban J connectivity index is 1.98. The Bertz CT molecular complexity index is 401. The summed E-state index contributed by atoms with van der Waals surface area (Å²) in [6, 6.07) is 0. The topological polar surface area (TPSA) is 32.7 Å². The molecule has 0 aromatic heterocycles. The molecule has 3 rings (SSSR count). The molecule has 0 bridgehead atoms. The lowest BCUT2D eigenvalue weighted by atomic mass is 9.82. The average molecular weight is 257 g/mol. The Kier molecular flexibility index (Phi) is 2.72. The molecule has 0 unspecified atom stereocenters. The first-order valence-corrected chi connectivity index (χ1v) is 6.90. The van der Waals surface area contributed by atoms with Crippen LogP contribution < -0.4 is 0 Å². The normalized spacial score (nSPS) is 25.3. The first-order valence-electron chi connectivity index (χ1n) is 5.71. The number of thioether (sulfide) groups is 1. The van der Waals surface area contributed by atoms with Gasteiger partial charge in [0.25, 0.3) is 5.24 Å². The molecule has 2 aliphatic heterocycles. The number of carbonyl (C=O) groups is 1. The van der Waals surface area contributed by atoms with Gasteiger partial charge >= 0.3 is 0 Å². The molecule has 1 fully saturated rings. The molecule has 0 amide bonds. The van der Waals surface area contributed by atoms with Crippen LogP contribution in [0.1, 0.15) is 25.7 Å². The number of fused-ring (bicyclic) bond motifs is 1. The second-order valence-corrected chi connectivity index (χ2v) is 5.71. The van der Waals surface area contributed by atoms with Crippen molar-refractivity contribution in [3.05, 3.63) is 10.6 Å². The van der Waals surface area contributed by atoms with Gasteiger partial charge in [0.05, 0.1) is 4.91 Å². The monoisotopic (exact) mass is 256 g/mol. The molecule has 0 spiro atoms. The molecule has 0 N–H and O–H groups in total. The Morgan fingerprint density at radius 3 is 2.88 bits per heavy atom. The van der Waals surface area contributed by atoms with Crippen LogP contribution in [0, 0.1) is 5.92 Å². The number of rotatable bonds is 2. The maximum atomic E-state index is 11.4. The zero-order valence-electron chi connectivity index (χ0n) is 8.91. The maximum Gasteiger partial charge on any atom is 0.261 e. The van der Waals surface area contributed by atoms with Gasteiger partial charge in [0, 0.05) is 24.7 Å². The zero-order chi connectivity index (χ0) is 11.1. The third-order valence-electron chi connectivity index (χ3n) is 3.40. The van der Waals surface area contributed by atoms with Gasteiger partial charge in [0.2, 0.25) is 0 Å². The quantitative estimate of drug-likeness (QED) is 0.712. The third-order valence-corrected chi connectivity index (χ3v) is 4.84. The Morgan fingerprint density at radius 2 is 2.25 bits per heavy atom. The molecule has 3 nitrogen and oxygen atoms in total. The van der Waals surface area contributed by atoms with Crippen LogP contribution in [0.3, 0.4) is 0 Å². The first-order chi connectivity index (χ1) is 7.77. The van der Waals surface area contributed by atoms with Gasteiger partial charge in [-0.05, 0) is 42.6 Å². The minimum Gasteiger partial charge on any atom is -0.323 e. The van der Waals surface area contributed by atoms with E-state index in [4.69, 9.17) is 11.6 Å². The van der Waals surface area contributed by atoms with Gasteiger partial charge in [-0.1, -0.05) is 6.42 Å². The largest absolute Gasteiger partial charge is 0.323 e. The van der Waals surface area contributed by atoms with Crippen LogP contribution in [0.4, 0.5) is 0 Å². The highest BCUT2D eigenvalue weighted by Crippen LogP contribution is 2.46. The van der Waals surface area contributed by atoms with Crippen molar-refractivity contribution < 1.29 is 4.79 Å². The van der Waals surface area contributed by atoms with Crippen LogP contribution in [-0.4, -0.2) is 28.4 Å². The number of aliphatic imine (C=N–C) groups is 1. The summed E-state index contributed by atoms with van der Waals surface area (Å²) in [5.74, 6) is 0.538. The first kappa shape index (κ1) is 10.7. The number of nitrogens with zero attached hydrogens (tertiary/aromatic N) is 2. The second kappa shape index (κ2) is 4.08. The molecular formula is C11H13ClN2OS. The fourth-order valence-corrected chi connectivity index (χ4v) is 3.70. The standard InChI is InChI=1S/C11H13ClN2OS/c12-10(15)9-8(7-3-1-4-7)14-6-2-5-13-11(14)16-9/h7H,1-6H2. The van der Waals surface area contributed by atoms with E-state index in [0.29, 0.717) is 5.92 Å². The summed E-state index contributed by atoms with van der Waals surface area (Å²) >= 11 is 7.13. The fraction of sp³-hybridized carbons (Fsp3) is 0.636. The van der Waals surface area contributed by atoms with E-state index in [2.05, 4.69) is 9.89 Å². The van der Waals surface area contributed by atoms with E-state index >= 15 is 0 Å². The molecule has 0 radical (unpaired) electrons. The van der Waals surface area contributed by atoms with Crippen LogP contribution >= 0.6 is 23.4 Å². The predicted octanol–water partition coefficient (Wildman–Crippen LogP) is 2.57. The van der Waals surface area contributed by atoms with Crippen molar-refractivity contribution in [1.82, 2.24) is 4.90 Å². The van der Waals surface area contributed by atoms with Crippen molar-refractivity contribution in [2.45, 2.75) is 25.7 Å². The number of hydrogen-bond donors (Lipinski definition) is 0. The van der Waals surface area contributed by atoms with Crippen LogP contribution in [-0.2, 0) is 4.79 Å². The van der Waals surface area contributed by atoms with Gasteiger partial charge in [0.1, 0.15) is 0 Å². The number of allylic oxidation sites excluding steroid dienone is 2. The summed E-state index contributed by atoms with van der Waals surface area (Å²) in [6.07, 6.45) is 4.72. The Morgan fingerprint density at radius 1 is 1.44 bits per heavy atom. The second-order valence-electron chi connectivity index (χ2n) is 4.39. The number of hydrogen-bond acceptors (Lipinski definition) is 4. The van der Waals surface area contributed by atoms with E-state index in [-0.39, 0.29) is 5.24 Å². The summed E-state index contributed by atoms with van der Waals surface area (Å²) in [6.45, 7) is 1.87. The van der Waals surface area contributed by atoms with Crippen LogP contribution in [0.15, 0.2) is 15.6 Å². The van der Waals surface area contributed by atoms with Gasteiger partial charge in [-0.2, -0.15) is 0 Å². The highest BCUT2D eigenvalue weighted by molar-refractivity contribution is 8.18. The predicted molar refractivity (Wildman–Crippen MR) is 66.4 cm³/mol. The summed E-state index contributed by atoms with van der Waals surface area (Å²) in [7, 11) is 0. The minimum absolute atomic E-state index is 0.316. The minimum atomic E-state index is -0.316. The number of halogens is 1. The van der Waals surface area contributed by atoms with Gasteiger partial charge in [-0.3, -0.25) is 9.79 Å². The molecule has 1 saturated carbocycles. The lowest BCUT2D eigenvalue weighted by molar-refractivity contribution is -0.108. The molecule has 5 heteroatoms. The third kappa shape index (κ3) is 1.59. The maximum absolute atomic E-state index is 11.4. The van der Waals surface area contributed by atoms with Gasteiger partial charge in [-0.15, -0.1) is 0 Å². The van der Waals surface area contributed by atoms with E-state index in [1.54, 1.807) is 0 Å². The fourth-order valence-electron chi connectivity index (χ4n) is 2.39. The highest BCUT2D eigenvalue weighted by atomic mass is 35.5. The summed E-state index contributed by atoms with van der Waals surface area (Å²) in [4.78, 5) is 18.9. The Labute approximate surface area is 104 Å². The van der Waals surface area contributed by atoms with Crippen molar-refractivity contribution in [2.75, 3.05) is 13.1 Å². The SMILES string of the molecule is O=C(Cl)C1=C(C2CCC2)N2CCCN=C2S1. The van der Waals surface area contributed by atoms with Gasteiger partial charge in [-0.25, -0.2) is 0 Å². The summed E-state index contributed by atoms with van der Waals surface area (Å²) in [5, 5.41) is 0.668. The smallest absolute Gasteiger partial charge is 0.261 e. The van der Waals surface area contributed by atoms with Crippen LogP contribution in [0.25, 0.3) is 0 Å². The number of amidine groups is 1. The molecule has 0 aromatic carbocycles. The van der Waals surface area contributed by atoms with Crippen LogP contribution in [0.2, 0.25) is 0 Å². The van der Waals surface area contributed by atoms with Crippen LogP contribution in [0.5, 0.6) is 0 Å². The summed E-state index contributed by atoms with van der Waals surface area (Å²) < 4.78 is 0. The zero-order valence-corrected chi connectivity index (χ0v) is 10.5. The van der Waals surface area contributed by atoms with Crippen molar-refractivity contribution in [2.24, 2.45) is 10.9 Å². The van der Waals surface area contributed by atoms with Crippen molar-refractivity contribution >= 4 is 33.8 Å². The Hall–Kier alpha value is -0.480. The molecule has 0 saturated heterocycles. The van der Waals surface area contributed by atoms with E-state index in [1.807, 2.05) is 0 Å². The van der Waals surface area contributed by atoms with E-state index < -0.39 is 0 Å². The highest BCUT2D eigenvalue weighted by Gasteiger charge is 2.39. The van der Waals surface area contributed by atoms with Crippen molar-refractivity contribution in [3.8, 4) is 0 Å². The molecule has 2 heterocycles. The average Bonchev–Trinajstić information content (AvgIpc) is 2.56. The van der Waals surface area contributed by atoms with Gasteiger partial charge in [0.15, 0.2) is 5.17 Å². The van der Waals surface area contributed by atoms with E-state index in [1.165, 1.54) is 31.0 Å². The van der Waals surface area contributed by atoms with Gasteiger partial charge < -0.3 is 4.90 Å². The van der Waals surface area contributed by atoms with Crippen molar-refractivity contribution in [3.63, 3.8) is 0 Å². The lowest BCUT2D eigenvalue weighted by Gasteiger charge is -2.34.